The van der Waals surface area contributed by atoms with Crippen LogP contribution in [0.1, 0.15) is 26.3 Å². The molecule has 27 heavy (non-hydrogen) atoms. The Morgan fingerprint density at radius 1 is 0.889 bits per heavy atom. The Balaban J connectivity index is 1.75. The van der Waals surface area contributed by atoms with Gasteiger partial charge in [-0.05, 0) is 53.1 Å². The van der Waals surface area contributed by atoms with Gasteiger partial charge in [0.15, 0.2) is 0 Å². The largest absolute Gasteiger partial charge is 0.478 e. The molecule has 0 atom stereocenters. The van der Waals surface area contributed by atoms with E-state index in [1.807, 2.05) is 30.3 Å². The van der Waals surface area contributed by atoms with Crippen molar-refractivity contribution in [1.29, 1.82) is 0 Å². The van der Waals surface area contributed by atoms with Crippen LogP contribution in [0.3, 0.4) is 0 Å². The van der Waals surface area contributed by atoms with Crippen LogP contribution in [0.15, 0.2) is 66.7 Å². The Morgan fingerprint density at radius 2 is 1.59 bits per heavy atom. The first-order valence-electron chi connectivity index (χ1n) is 8.10. The van der Waals surface area contributed by atoms with Gasteiger partial charge in [-0.25, -0.2) is 4.79 Å². The van der Waals surface area contributed by atoms with Gasteiger partial charge in [0.1, 0.15) is 0 Å². The van der Waals surface area contributed by atoms with Gasteiger partial charge >= 0.3 is 5.97 Å². The molecule has 0 aliphatic carbocycles. The van der Waals surface area contributed by atoms with Crippen molar-refractivity contribution < 1.29 is 14.7 Å². The van der Waals surface area contributed by atoms with Gasteiger partial charge in [0.2, 0.25) is 0 Å². The van der Waals surface area contributed by atoms with E-state index in [4.69, 9.17) is 28.3 Å². The molecule has 0 aromatic heterocycles. The number of carboxylic acids is 1. The van der Waals surface area contributed by atoms with E-state index in [1.54, 1.807) is 30.3 Å². The van der Waals surface area contributed by atoms with Gasteiger partial charge < -0.3 is 10.4 Å². The number of rotatable bonds is 5. The summed E-state index contributed by atoms with van der Waals surface area (Å²) in [6.45, 7) is 0.310. The molecule has 3 aromatic rings. The Labute approximate surface area is 166 Å². The minimum Gasteiger partial charge on any atom is -0.478 e. The van der Waals surface area contributed by atoms with Gasteiger partial charge in [-0.2, -0.15) is 0 Å². The molecule has 6 heteroatoms. The summed E-state index contributed by atoms with van der Waals surface area (Å²) >= 11 is 11.9. The maximum atomic E-state index is 12.3. The summed E-state index contributed by atoms with van der Waals surface area (Å²) in [5.74, 6) is -1.27. The standard InChI is InChI=1S/C21H15Cl2NO3/c22-17-7-8-18(19(23)11-17)20(25)24-12-13-3-1-4-14(9-13)15-5-2-6-16(10-15)21(26)27/h1-11H,12H2,(H,24,25)(H,26,27). The molecule has 0 saturated heterocycles. The SMILES string of the molecule is O=C(O)c1cccc(-c2cccc(CNC(=O)c3ccc(Cl)cc3Cl)c2)c1. The highest BCUT2D eigenvalue weighted by atomic mass is 35.5. The van der Waals surface area contributed by atoms with Crippen molar-refractivity contribution in [2.75, 3.05) is 0 Å². The number of halogens is 2. The summed E-state index contributed by atoms with van der Waals surface area (Å²) < 4.78 is 0. The lowest BCUT2D eigenvalue weighted by atomic mass is 10.0. The van der Waals surface area contributed by atoms with Crippen molar-refractivity contribution in [3.05, 3.63) is 93.5 Å². The van der Waals surface area contributed by atoms with E-state index in [1.165, 1.54) is 6.07 Å². The number of benzene rings is 3. The zero-order valence-electron chi connectivity index (χ0n) is 14.1. The highest BCUT2D eigenvalue weighted by Crippen LogP contribution is 2.23. The van der Waals surface area contributed by atoms with Crippen LogP contribution in [0.25, 0.3) is 11.1 Å². The Morgan fingerprint density at radius 3 is 2.30 bits per heavy atom. The number of carboxylic acid groups (broad SMARTS) is 1. The predicted molar refractivity (Wildman–Crippen MR) is 106 cm³/mol. The number of carbonyl (C=O) groups is 2. The summed E-state index contributed by atoms with van der Waals surface area (Å²) in [5, 5.41) is 12.7. The monoisotopic (exact) mass is 399 g/mol. The van der Waals surface area contributed by atoms with Crippen LogP contribution in [-0.4, -0.2) is 17.0 Å². The van der Waals surface area contributed by atoms with Crippen molar-refractivity contribution in [2.45, 2.75) is 6.54 Å². The number of nitrogens with one attached hydrogen (secondary N) is 1. The second kappa shape index (κ2) is 8.25. The minimum absolute atomic E-state index is 0.226. The average Bonchev–Trinajstić information content (AvgIpc) is 2.66. The Kier molecular flexibility index (Phi) is 5.79. The zero-order chi connectivity index (χ0) is 19.4. The second-order valence-corrected chi connectivity index (χ2v) is 6.74. The molecule has 0 radical (unpaired) electrons. The lowest BCUT2D eigenvalue weighted by molar-refractivity contribution is 0.0696. The van der Waals surface area contributed by atoms with Crippen molar-refractivity contribution in [1.82, 2.24) is 5.32 Å². The van der Waals surface area contributed by atoms with Crippen LogP contribution in [0.5, 0.6) is 0 Å². The van der Waals surface area contributed by atoms with Crippen LogP contribution < -0.4 is 5.32 Å². The highest BCUT2D eigenvalue weighted by molar-refractivity contribution is 6.36. The summed E-state index contributed by atoms with van der Waals surface area (Å²) in [6.07, 6.45) is 0. The first kappa shape index (κ1) is 19.0. The number of aromatic carboxylic acids is 1. The van der Waals surface area contributed by atoms with E-state index in [2.05, 4.69) is 5.32 Å². The van der Waals surface area contributed by atoms with Gasteiger partial charge in [0, 0.05) is 11.6 Å². The number of hydrogen-bond acceptors (Lipinski definition) is 2. The number of carbonyl (C=O) groups excluding carboxylic acids is 1. The first-order valence-corrected chi connectivity index (χ1v) is 8.85. The van der Waals surface area contributed by atoms with E-state index < -0.39 is 5.97 Å². The molecule has 0 aliphatic heterocycles. The maximum Gasteiger partial charge on any atom is 0.335 e. The molecule has 3 rings (SSSR count). The molecule has 0 aliphatic rings. The fourth-order valence-corrected chi connectivity index (χ4v) is 3.14. The Hall–Kier alpha value is -2.82. The number of hydrogen-bond donors (Lipinski definition) is 2. The van der Waals surface area contributed by atoms with Gasteiger partial charge in [-0.15, -0.1) is 0 Å². The molecule has 2 N–H and O–H groups in total. The number of amides is 1. The predicted octanol–water partition coefficient (Wildman–Crippen LogP) is 5.29. The van der Waals surface area contributed by atoms with E-state index in [9.17, 15) is 9.59 Å². The Bertz CT molecular complexity index is 1020. The van der Waals surface area contributed by atoms with Gasteiger partial charge in [0.05, 0.1) is 16.1 Å². The van der Waals surface area contributed by atoms with Crippen LogP contribution in [0, 0.1) is 0 Å². The zero-order valence-corrected chi connectivity index (χ0v) is 15.6. The quantitative estimate of drug-likeness (QED) is 0.612. The lowest BCUT2D eigenvalue weighted by Crippen LogP contribution is -2.23. The van der Waals surface area contributed by atoms with E-state index >= 15 is 0 Å². The summed E-state index contributed by atoms with van der Waals surface area (Å²) in [5.41, 5.74) is 3.12. The molecule has 1 amide bonds. The third-order valence-corrected chi connectivity index (χ3v) is 4.55. The van der Waals surface area contributed by atoms with Crippen LogP contribution in [-0.2, 0) is 6.54 Å². The molecule has 0 fully saturated rings. The topological polar surface area (TPSA) is 66.4 Å². The third-order valence-electron chi connectivity index (χ3n) is 4.00. The average molecular weight is 400 g/mol. The highest BCUT2D eigenvalue weighted by Gasteiger charge is 2.11. The third kappa shape index (κ3) is 4.67. The van der Waals surface area contributed by atoms with Gasteiger partial charge in [-0.1, -0.05) is 53.5 Å². The van der Waals surface area contributed by atoms with Crippen molar-refractivity contribution in [3.8, 4) is 11.1 Å². The van der Waals surface area contributed by atoms with E-state index in [0.717, 1.165) is 16.7 Å². The summed E-state index contributed by atoms with van der Waals surface area (Å²) in [6, 6.07) is 19.0. The summed E-state index contributed by atoms with van der Waals surface area (Å²) in [7, 11) is 0. The second-order valence-electron chi connectivity index (χ2n) is 5.89. The maximum absolute atomic E-state index is 12.3. The smallest absolute Gasteiger partial charge is 0.335 e. The van der Waals surface area contributed by atoms with Crippen LogP contribution in [0.4, 0.5) is 0 Å². The molecule has 4 nitrogen and oxygen atoms in total. The molecular weight excluding hydrogens is 385 g/mol. The molecule has 0 unspecified atom stereocenters. The lowest BCUT2D eigenvalue weighted by Gasteiger charge is -2.09. The van der Waals surface area contributed by atoms with Crippen molar-refractivity contribution in [2.24, 2.45) is 0 Å². The van der Waals surface area contributed by atoms with Crippen LogP contribution in [0.2, 0.25) is 10.0 Å². The molecular formula is C21H15Cl2NO3. The molecule has 0 bridgehead atoms. The van der Waals surface area contributed by atoms with Gasteiger partial charge in [0.25, 0.3) is 5.91 Å². The van der Waals surface area contributed by atoms with Gasteiger partial charge in [-0.3, -0.25) is 4.79 Å². The first-order chi connectivity index (χ1) is 12.9. The van der Waals surface area contributed by atoms with Crippen LogP contribution >= 0.6 is 23.2 Å². The van der Waals surface area contributed by atoms with E-state index in [-0.39, 0.29) is 11.5 Å². The molecule has 3 aromatic carbocycles. The molecule has 136 valence electrons. The normalized spacial score (nSPS) is 10.4. The van der Waals surface area contributed by atoms with E-state index in [0.29, 0.717) is 22.2 Å². The van der Waals surface area contributed by atoms with Crippen molar-refractivity contribution in [3.63, 3.8) is 0 Å². The van der Waals surface area contributed by atoms with Crippen molar-refractivity contribution >= 4 is 35.1 Å². The molecule has 0 heterocycles. The summed E-state index contributed by atoms with van der Waals surface area (Å²) in [4.78, 5) is 23.5. The molecule has 0 spiro atoms. The molecule has 0 saturated carbocycles. The fraction of sp³-hybridized carbons (Fsp3) is 0.0476. The minimum atomic E-state index is -0.972. The fourth-order valence-electron chi connectivity index (χ4n) is 2.64.